The molecule has 3 heterocycles. The van der Waals surface area contributed by atoms with Crippen molar-refractivity contribution in [1.29, 1.82) is 0 Å². The molecule has 7 nitrogen and oxygen atoms in total. The van der Waals surface area contributed by atoms with Gasteiger partial charge in [-0.25, -0.2) is 9.37 Å². The maximum atomic E-state index is 13.1. The van der Waals surface area contributed by atoms with E-state index in [-0.39, 0.29) is 5.82 Å². The third kappa shape index (κ3) is 4.64. The summed E-state index contributed by atoms with van der Waals surface area (Å²) in [7, 11) is 0. The van der Waals surface area contributed by atoms with Gasteiger partial charge in [0.25, 0.3) is 0 Å². The molecule has 4 aromatic rings. The van der Waals surface area contributed by atoms with Crippen molar-refractivity contribution in [1.82, 2.24) is 20.0 Å². The van der Waals surface area contributed by atoms with Crippen molar-refractivity contribution in [2.75, 3.05) is 25.0 Å². The second-order valence-corrected chi connectivity index (χ2v) is 8.03. The maximum absolute atomic E-state index is 13.1. The van der Waals surface area contributed by atoms with Gasteiger partial charge in [-0.15, -0.1) is 0 Å². The van der Waals surface area contributed by atoms with E-state index in [1.807, 2.05) is 23.8 Å². The molecule has 0 unspecified atom stereocenters. The Balaban J connectivity index is 1.32. The number of benzene rings is 2. The molecule has 0 atom stereocenters. The van der Waals surface area contributed by atoms with Gasteiger partial charge in [-0.05, 0) is 67.3 Å². The number of nitrogens with zero attached hydrogens (tertiary/aromatic N) is 4. The summed E-state index contributed by atoms with van der Waals surface area (Å²) in [6.45, 7) is 4.17. The number of rotatable bonds is 6. The first-order valence-corrected chi connectivity index (χ1v) is 11.0. The first-order valence-electron chi connectivity index (χ1n) is 11.0. The predicted molar refractivity (Wildman–Crippen MR) is 128 cm³/mol. The number of aromatic nitrogens is 3. The minimum atomic E-state index is -0.236. The van der Waals surface area contributed by atoms with Crippen LogP contribution in [0.4, 0.5) is 10.1 Å². The number of aryl methyl sites for hydroxylation is 1. The number of nitrogens with one attached hydrogen (secondary N) is 2. The standard InChI is InChI=1S/C25H25FN6O/c1-17-15-32(16-30-17)23-9-4-18(22-14-31-33-24(22)23)13-19-3-2-10-28-25(19)29-12-11-27-21-7-5-20(26)6-8-21/h4-9,13-16,27H,2-3,10-12H2,1H3,(H,28,29)/b19-13+. The van der Waals surface area contributed by atoms with Crippen LogP contribution in [0.25, 0.3) is 22.7 Å². The van der Waals surface area contributed by atoms with Gasteiger partial charge in [-0.1, -0.05) is 11.2 Å². The smallest absolute Gasteiger partial charge is 0.191 e. The Morgan fingerprint density at radius 2 is 1.97 bits per heavy atom. The van der Waals surface area contributed by atoms with Gasteiger partial charge >= 0.3 is 0 Å². The van der Waals surface area contributed by atoms with E-state index in [1.165, 1.54) is 12.1 Å². The van der Waals surface area contributed by atoms with Crippen LogP contribution in [0.15, 0.2) is 70.2 Å². The van der Waals surface area contributed by atoms with E-state index in [2.05, 4.69) is 32.9 Å². The van der Waals surface area contributed by atoms with E-state index in [4.69, 9.17) is 9.52 Å². The Morgan fingerprint density at radius 1 is 1.12 bits per heavy atom. The van der Waals surface area contributed by atoms with Gasteiger partial charge in [-0.2, -0.15) is 0 Å². The number of halogens is 1. The molecule has 2 N–H and O–H groups in total. The molecule has 0 bridgehead atoms. The first kappa shape index (κ1) is 20.9. The molecule has 33 heavy (non-hydrogen) atoms. The molecule has 0 saturated heterocycles. The van der Waals surface area contributed by atoms with Gasteiger partial charge in [0, 0.05) is 31.5 Å². The van der Waals surface area contributed by atoms with Crippen LogP contribution < -0.4 is 10.6 Å². The Labute approximate surface area is 191 Å². The quantitative estimate of drug-likeness (QED) is 0.420. The summed E-state index contributed by atoms with van der Waals surface area (Å²) in [5.74, 6) is 0.682. The van der Waals surface area contributed by atoms with Crippen molar-refractivity contribution in [3.63, 3.8) is 0 Å². The molecule has 168 valence electrons. The number of fused-ring (bicyclic) bond motifs is 1. The van der Waals surface area contributed by atoms with Crippen LogP contribution in [0.3, 0.4) is 0 Å². The van der Waals surface area contributed by atoms with E-state index >= 15 is 0 Å². The van der Waals surface area contributed by atoms with Crippen LogP contribution in [0, 0.1) is 12.7 Å². The van der Waals surface area contributed by atoms with Crippen molar-refractivity contribution < 1.29 is 8.91 Å². The van der Waals surface area contributed by atoms with Gasteiger partial charge in [0.1, 0.15) is 11.7 Å². The fourth-order valence-electron chi connectivity index (χ4n) is 3.98. The highest BCUT2D eigenvalue weighted by Gasteiger charge is 2.15. The van der Waals surface area contributed by atoms with Gasteiger partial charge in [0.2, 0.25) is 0 Å². The topological polar surface area (TPSA) is 80.3 Å². The Kier molecular flexibility index (Phi) is 5.89. The van der Waals surface area contributed by atoms with Gasteiger partial charge < -0.3 is 19.7 Å². The average Bonchev–Trinajstić information content (AvgIpc) is 3.49. The van der Waals surface area contributed by atoms with Crippen LogP contribution in [0.2, 0.25) is 0 Å². The van der Waals surface area contributed by atoms with E-state index < -0.39 is 0 Å². The molecule has 0 radical (unpaired) electrons. The SMILES string of the molecule is Cc1cn(-c2ccc(/C=C3\CCCN=C3NCCNc3ccc(F)cc3)c3cnoc23)cn1. The van der Waals surface area contributed by atoms with Crippen molar-refractivity contribution in [3.8, 4) is 5.69 Å². The normalized spacial score (nSPS) is 15.1. The second kappa shape index (κ2) is 9.28. The summed E-state index contributed by atoms with van der Waals surface area (Å²) in [5, 5.41) is 11.7. The lowest BCUT2D eigenvalue weighted by Crippen LogP contribution is -2.32. The van der Waals surface area contributed by atoms with Crippen molar-refractivity contribution >= 4 is 28.6 Å². The molecule has 2 aromatic heterocycles. The molecule has 0 aliphatic carbocycles. The molecule has 0 fully saturated rings. The average molecular weight is 445 g/mol. The molecule has 0 saturated carbocycles. The highest BCUT2D eigenvalue weighted by atomic mass is 19.1. The zero-order chi connectivity index (χ0) is 22.6. The summed E-state index contributed by atoms with van der Waals surface area (Å²) < 4.78 is 20.6. The fraction of sp³-hybridized carbons (Fsp3) is 0.240. The molecule has 1 aliphatic rings. The summed E-state index contributed by atoms with van der Waals surface area (Å²) in [4.78, 5) is 9.02. The fourth-order valence-corrected chi connectivity index (χ4v) is 3.98. The molecule has 5 rings (SSSR count). The van der Waals surface area contributed by atoms with E-state index in [0.29, 0.717) is 13.1 Å². The number of aliphatic imine (C=N–C) groups is 1. The lowest BCUT2D eigenvalue weighted by atomic mass is 10.0. The highest BCUT2D eigenvalue weighted by Crippen LogP contribution is 2.28. The van der Waals surface area contributed by atoms with Gasteiger partial charge in [0.15, 0.2) is 5.58 Å². The predicted octanol–water partition coefficient (Wildman–Crippen LogP) is 4.74. The summed E-state index contributed by atoms with van der Waals surface area (Å²) in [6, 6.07) is 10.5. The molecule has 0 amide bonds. The number of anilines is 1. The third-order valence-corrected chi connectivity index (χ3v) is 5.62. The summed E-state index contributed by atoms with van der Waals surface area (Å²) >= 11 is 0. The maximum Gasteiger partial charge on any atom is 0.191 e. The molecular weight excluding hydrogens is 419 g/mol. The molecule has 0 spiro atoms. The van der Waals surface area contributed by atoms with Crippen molar-refractivity contribution in [2.24, 2.45) is 4.99 Å². The van der Waals surface area contributed by atoms with Crippen LogP contribution >= 0.6 is 0 Å². The van der Waals surface area contributed by atoms with Crippen molar-refractivity contribution in [2.45, 2.75) is 19.8 Å². The van der Waals surface area contributed by atoms with E-state index in [9.17, 15) is 4.39 Å². The van der Waals surface area contributed by atoms with Crippen LogP contribution in [-0.2, 0) is 0 Å². The Bertz CT molecular complexity index is 1320. The Hall–Kier alpha value is -3.94. The molecular formula is C25H25FN6O. The summed E-state index contributed by atoms with van der Waals surface area (Å²) in [6.07, 6.45) is 9.64. The lowest BCUT2D eigenvalue weighted by Gasteiger charge is -2.18. The summed E-state index contributed by atoms with van der Waals surface area (Å²) in [5.41, 5.74) is 5.68. The molecule has 8 heteroatoms. The van der Waals surface area contributed by atoms with E-state index in [0.717, 1.165) is 64.4 Å². The zero-order valence-electron chi connectivity index (χ0n) is 18.4. The molecule has 1 aliphatic heterocycles. The minimum absolute atomic E-state index is 0.236. The molecule has 2 aromatic carbocycles. The van der Waals surface area contributed by atoms with Gasteiger partial charge in [0.05, 0.1) is 29.3 Å². The van der Waals surface area contributed by atoms with Crippen LogP contribution in [0.5, 0.6) is 0 Å². The minimum Gasteiger partial charge on any atom is -0.383 e. The first-order chi connectivity index (χ1) is 16.2. The number of amidine groups is 1. The highest BCUT2D eigenvalue weighted by molar-refractivity contribution is 6.04. The van der Waals surface area contributed by atoms with Crippen LogP contribution in [-0.4, -0.2) is 40.2 Å². The second-order valence-electron chi connectivity index (χ2n) is 8.03. The lowest BCUT2D eigenvalue weighted by molar-refractivity contribution is 0.455. The van der Waals surface area contributed by atoms with E-state index in [1.54, 1.807) is 24.7 Å². The monoisotopic (exact) mass is 444 g/mol. The third-order valence-electron chi connectivity index (χ3n) is 5.62. The van der Waals surface area contributed by atoms with Crippen molar-refractivity contribution in [3.05, 3.63) is 77.8 Å². The largest absolute Gasteiger partial charge is 0.383 e. The number of hydrogen-bond donors (Lipinski definition) is 2. The Morgan fingerprint density at radius 3 is 2.79 bits per heavy atom. The van der Waals surface area contributed by atoms with Crippen LogP contribution in [0.1, 0.15) is 24.1 Å². The number of imidazole rings is 1. The zero-order valence-corrected chi connectivity index (χ0v) is 18.4. The van der Waals surface area contributed by atoms with Gasteiger partial charge in [-0.3, -0.25) is 4.99 Å². The number of hydrogen-bond acceptors (Lipinski definition) is 6.